The normalized spacial score (nSPS) is 15.9. The number of hydrogen-bond acceptors (Lipinski definition) is 3. The Bertz CT molecular complexity index is 1260. The predicted octanol–water partition coefficient (Wildman–Crippen LogP) is 6.22. The lowest BCUT2D eigenvalue weighted by molar-refractivity contribution is -0.137. The van der Waals surface area contributed by atoms with Crippen LogP contribution < -0.4 is 14.8 Å². The zero-order valence-corrected chi connectivity index (χ0v) is 17.6. The number of amides is 1. The minimum atomic E-state index is -4.65. The van der Waals surface area contributed by atoms with E-state index in [1.54, 1.807) is 31.2 Å². The molecule has 3 aromatic carbocycles. The Morgan fingerprint density at radius 3 is 2.42 bits per heavy atom. The molecule has 0 spiro atoms. The Morgan fingerprint density at radius 2 is 1.70 bits per heavy atom. The quantitative estimate of drug-likeness (QED) is 0.474. The molecule has 1 fully saturated rings. The number of halogens is 4. The molecule has 1 N–H and O–H groups in total. The standard InChI is InChI=1S/C25H19F4NO3/c1-14-2-5-17(12-18(14)19-11-16(26)4-6-20(19)25(27,28)29)30-23(31)24(8-9-24)15-3-7-21-22(10-15)33-13-32-21/h2-7,10-12H,8-9,13H2,1H3,(H,30,31). The van der Waals surface area contributed by atoms with Gasteiger partial charge in [0.1, 0.15) is 5.82 Å². The smallest absolute Gasteiger partial charge is 0.417 e. The molecule has 1 aliphatic heterocycles. The van der Waals surface area contributed by atoms with Gasteiger partial charge in [-0.15, -0.1) is 0 Å². The van der Waals surface area contributed by atoms with E-state index in [2.05, 4.69) is 5.32 Å². The SMILES string of the molecule is Cc1ccc(NC(=O)C2(c3ccc4c(c3)OCO4)CC2)cc1-c1cc(F)ccc1C(F)(F)F. The molecular formula is C25H19F4NO3. The summed E-state index contributed by atoms with van der Waals surface area (Å²) in [4.78, 5) is 13.2. The number of carbonyl (C=O) groups is 1. The third-order valence-electron chi connectivity index (χ3n) is 6.18. The minimum absolute atomic E-state index is 0.129. The Morgan fingerprint density at radius 1 is 0.939 bits per heavy atom. The van der Waals surface area contributed by atoms with Gasteiger partial charge in [0.05, 0.1) is 11.0 Å². The van der Waals surface area contributed by atoms with E-state index in [1.807, 2.05) is 6.07 Å². The first kappa shape index (κ1) is 21.3. The molecule has 0 aromatic heterocycles. The highest BCUT2D eigenvalue weighted by Crippen LogP contribution is 2.51. The topological polar surface area (TPSA) is 47.6 Å². The van der Waals surface area contributed by atoms with E-state index in [1.165, 1.54) is 6.07 Å². The summed E-state index contributed by atoms with van der Waals surface area (Å²) in [5.41, 5.74) is -0.0794. The number of nitrogens with one attached hydrogen (secondary N) is 1. The van der Waals surface area contributed by atoms with Crippen molar-refractivity contribution < 1.29 is 31.8 Å². The van der Waals surface area contributed by atoms with Crippen LogP contribution in [0.25, 0.3) is 11.1 Å². The highest BCUT2D eigenvalue weighted by Gasteiger charge is 2.51. The number of benzene rings is 3. The van der Waals surface area contributed by atoms with Crippen molar-refractivity contribution in [1.82, 2.24) is 0 Å². The summed E-state index contributed by atoms with van der Waals surface area (Å²) in [6.07, 6.45) is -3.37. The highest BCUT2D eigenvalue weighted by molar-refractivity contribution is 6.02. The number of ether oxygens (including phenoxy) is 2. The fourth-order valence-corrected chi connectivity index (χ4v) is 4.19. The number of carbonyl (C=O) groups excluding carboxylic acids is 1. The predicted molar refractivity (Wildman–Crippen MR) is 114 cm³/mol. The first-order chi connectivity index (χ1) is 15.7. The van der Waals surface area contributed by atoms with Crippen LogP contribution >= 0.6 is 0 Å². The zero-order valence-electron chi connectivity index (χ0n) is 17.6. The van der Waals surface area contributed by atoms with E-state index in [0.717, 1.165) is 23.8 Å². The lowest BCUT2D eigenvalue weighted by Gasteiger charge is -2.18. The van der Waals surface area contributed by atoms with E-state index in [0.29, 0.717) is 35.6 Å². The number of hydrogen-bond donors (Lipinski definition) is 1. The van der Waals surface area contributed by atoms with Crippen LogP contribution in [0.2, 0.25) is 0 Å². The first-order valence-electron chi connectivity index (χ1n) is 10.4. The summed E-state index contributed by atoms with van der Waals surface area (Å²) >= 11 is 0. The van der Waals surface area contributed by atoms with Gasteiger partial charge < -0.3 is 14.8 Å². The summed E-state index contributed by atoms with van der Waals surface area (Å²) in [5.74, 6) is 0.168. The van der Waals surface area contributed by atoms with Gasteiger partial charge in [0, 0.05) is 5.69 Å². The molecule has 0 saturated heterocycles. The molecule has 0 unspecified atom stereocenters. The van der Waals surface area contributed by atoms with Crippen molar-refractivity contribution in [3.63, 3.8) is 0 Å². The second-order valence-electron chi connectivity index (χ2n) is 8.32. The summed E-state index contributed by atoms with van der Waals surface area (Å²) in [7, 11) is 0. The van der Waals surface area contributed by atoms with Crippen LogP contribution in [-0.4, -0.2) is 12.7 Å². The Labute approximate surface area is 187 Å². The van der Waals surface area contributed by atoms with E-state index < -0.39 is 23.0 Å². The highest BCUT2D eigenvalue weighted by atomic mass is 19.4. The summed E-state index contributed by atoms with van der Waals surface area (Å²) < 4.78 is 65.2. The second kappa shape index (κ2) is 7.50. The van der Waals surface area contributed by atoms with Gasteiger partial charge in [-0.2, -0.15) is 13.2 Å². The molecule has 33 heavy (non-hydrogen) atoms. The van der Waals surface area contributed by atoms with Gasteiger partial charge in [-0.05, 0) is 84.5 Å². The molecule has 5 rings (SSSR count). The van der Waals surface area contributed by atoms with Crippen LogP contribution in [0.3, 0.4) is 0 Å². The number of anilines is 1. The molecule has 3 aromatic rings. The maximum atomic E-state index is 13.9. The molecule has 8 heteroatoms. The third kappa shape index (κ3) is 3.79. The number of alkyl halides is 3. The summed E-state index contributed by atoms with van der Waals surface area (Å²) in [6.45, 7) is 1.77. The van der Waals surface area contributed by atoms with Crippen LogP contribution in [0.15, 0.2) is 54.6 Å². The molecule has 170 valence electrons. The number of rotatable bonds is 4. The Balaban J connectivity index is 1.46. The van der Waals surface area contributed by atoms with Crippen molar-refractivity contribution in [3.8, 4) is 22.6 Å². The second-order valence-corrected chi connectivity index (χ2v) is 8.32. The lowest BCUT2D eigenvalue weighted by Crippen LogP contribution is -2.27. The molecule has 4 nitrogen and oxygen atoms in total. The molecule has 0 radical (unpaired) electrons. The van der Waals surface area contributed by atoms with Crippen molar-refractivity contribution in [3.05, 3.63) is 77.1 Å². The van der Waals surface area contributed by atoms with Crippen LogP contribution in [0.5, 0.6) is 11.5 Å². The first-order valence-corrected chi connectivity index (χ1v) is 10.4. The fourth-order valence-electron chi connectivity index (χ4n) is 4.19. The summed E-state index contributed by atoms with van der Waals surface area (Å²) in [6, 6.07) is 12.4. The van der Waals surface area contributed by atoms with Crippen molar-refractivity contribution in [1.29, 1.82) is 0 Å². The Hall–Kier alpha value is -3.55. The maximum absolute atomic E-state index is 13.9. The number of aryl methyl sites for hydroxylation is 1. The van der Waals surface area contributed by atoms with Crippen molar-refractivity contribution in [2.75, 3.05) is 12.1 Å². The molecule has 0 bridgehead atoms. The molecule has 1 amide bonds. The Kier molecular flexibility index (Phi) is 4.84. The van der Waals surface area contributed by atoms with Gasteiger partial charge in [0.25, 0.3) is 0 Å². The van der Waals surface area contributed by atoms with Gasteiger partial charge in [-0.3, -0.25) is 4.79 Å². The van der Waals surface area contributed by atoms with Crippen LogP contribution in [0.1, 0.15) is 29.5 Å². The molecule has 0 atom stereocenters. The monoisotopic (exact) mass is 457 g/mol. The third-order valence-corrected chi connectivity index (χ3v) is 6.18. The van der Waals surface area contributed by atoms with Crippen LogP contribution in [0, 0.1) is 12.7 Å². The molecule has 1 heterocycles. The average Bonchev–Trinajstić information content (AvgIpc) is 3.45. The van der Waals surface area contributed by atoms with Crippen molar-refractivity contribution in [2.45, 2.75) is 31.4 Å². The average molecular weight is 457 g/mol. The minimum Gasteiger partial charge on any atom is -0.454 e. The largest absolute Gasteiger partial charge is 0.454 e. The molecule has 1 saturated carbocycles. The van der Waals surface area contributed by atoms with Gasteiger partial charge >= 0.3 is 6.18 Å². The molecular weight excluding hydrogens is 438 g/mol. The van der Waals surface area contributed by atoms with E-state index in [9.17, 15) is 22.4 Å². The van der Waals surface area contributed by atoms with E-state index in [4.69, 9.17) is 9.47 Å². The van der Waals surface area contributed by atoms with Gasteiger partial charge in [0.2, 0.25) is 12.7 Å². The van der Waals surface area contributed by atoms with Gasteiger partial charge in [0.15, 0.2) is 11.5 Å². The van der Waals surface area contributed by atoms with Crippen molar-refractivity contribution in [2.24, 2.45) is 0 Å². The lowest BCUT2D eigenvalue weighted by atomic mass is 9.93. The summed E-state index contributed by atoms with van der Waals surface area (Å²) in [5, 5.41) is 2.84. The van der Waals surface area contributed by atoms with Gasteiger partial charge in [-0.1, -0.05) is 12.1 Å². The fraction of sp³-hybridized carbons (Fsp3) is 0.240. The van der Waals surface area contributed by atoms with Crippen molar-refractivity contribution >= 4 is 11.6 Å². The van der Waals surface area contributed by atoms with Crippen LogP contribution in [-0.2, 0) is 16.4 Å². The van der Waals surface area contributed by atoms with E-state index in [-0.39, 0.29) is 23.8 Å². The molecule has 2 aliphatic rings. The van der Waals surface area contributed by atoms with E-state index >= 15 is 0 Å². The number of fused-ring (bicyclic) bond motifs is 1. The maximum Gasteiger partial charge on any atom is 0.417 e. The molecule has 1 aliphatic carbocycles. The van der Waals surface area contributed by atoms with Crippen LogP contribution in [0.4, 0.5) is 23.2 Å². The zero-order chi connectivity index (χ0) is 23.4. The van der Waals surface area contributed by atoms with Gasteiger partial charge in [-0.25, -0.2) is 4.39 Å².